The predicted octanol–water partition coefficient (Wildman–Crippen LogP) is 5.59. The third-order valence-electron chi connectivity index (χ3n) is 7.29. The molecule has 0 aliphatic carbocycles. The van der Waals surface area contributed by atoms with E-state index < -0.39 is 34.7 Å². The lowest BCUT2D eigenvalue weighted by molar-refractivity contribution is 0.198. The van der Waals surface area contributed by atoms with Gasteiger partial charge in [-0.25, -0.2) is 21.8 Å². The first-order valence-corrected chi connectivity index (χ1v) is 20.8. The Bertz CT molecular complexity index is 2500. The molecule has 0 radical (unpaired) electrons. The molecule has 19 nitrogen and oxygen atoms in total. The molecule has 55 heavy (non-hydrogen) atoms. The van der Waals surface area contributed by atoms with Crippen molar-refractivity contribution in [1.82, 2.24) is 19.9 Å². The minimum atomic E-state index is -4.84. The second kappa shape index (κ2) is 18.2. The number of azo groups is 1. The highest BCUT2D eigenvalue weighted by atomic mass is 35.5. The molecular formula is C32H34ClN11O8S3. The number of methoxy groups -OCH3 is 1. The van der Waals surface area contributed by atoms with E-state index in [-0.39, 0.29) is 74.2 Å². The minimum absolute atomic E-state index is 0.0201. The molecule has 0 spiro atoms. The summed E-state index contributed by atoms with van der Waals surface area (Å²) in [7, 11) is -10.5. The van der Waals surface area contributed by atoms with Crippen LogP contribution in [-0.2, 0) is 34.5 Å². The first-order valence-electron chi connectivity index (χ1n) is 15.7. The van der Waals surface area contributed by atoms with Crippen molar-refractivity contribution in [3.63, 3.8) is 0 Å². The summed E-state index contributed by atoms with van der Waals surface area (Å²) in [6, 6.07) is 11.3. The lowest BCUT2D eigenvalue weighted by Gasteiger charge is -2.15. The van der Waals surface area contributed by atoms with E-state index in [1.165, 1.54) is 43.5 Å². The van der Waals surface area contributed by atoms with E-state index in [0.717, 1.165) is 16.9 Å². The maximum atomic E-state index is 12.4. The van der Waals surface area contributed by atoms with Crippen molar-refractivity contribution in [3.05, 3.63) is 82.8 Å². The lowest BCUT2D eigenvalue weighted by Crippen LogP contribution is -2.16. The van der Waals surface area contributed by atoms with Gasteiger partial charge in [0, 0.05) is 54.6 Å². The van der Waals surface area contributed by atoms with Crippen LogP contribution in [0, 0.1) is 18.3 Å². The molecule has 0 aliphatic heterocycles. The van der Waals surface area contributed by atoms with E-state index in [9.17, 15) is 35.1 Å². The molecule has 0 unspecified atom stereocenters. The summed E-state index contributed by atoms with van der Waals surface area (Å²) in [6.07, 6.45) is 0.541. The molecule has 290 valence electrons. The van der Waals surface area contributed by atoms with Crippen LogP contribution in [0.3, 0.4) is 0 Å². The zero-order valence-electron chi connectivity index (χ0n) is 29.2. The van der Waals surface area contributed by atoms with Gasteiger partial charge in [-0.1, -0.05) is 13.2 Å². The van der Waals surface area contributed by atoms with Crippen molar-refractivity contribution < 1.29 is 34.5 Å². The van der Waals surface area contributed by atoms with Gasteiger partial charge in [-0.05, 0) is 67.4 Å². The number of aromatic nitrogens is 4. The van der Waals surface area contributed by atoms with Gasteiger partial charge in [0.2, 0.25) is 17.2 Å². The fourth-order valence-corrected chi connectivity index (χ4v) is 6.59. The van der Waals surface area contributed by atoms with Crippen molar-refractivity contribution in [2.75, 3.05) is 53.8 Å². The van der Waals surface area contributed by atoms with Crippen LogP contribution in [0.15, 0.2) is 86.5 Å². The first kappa shape index (κ1) is 42.2. The summed E-state index contributed by atoms with van der Waals surface area (Å²) in [5.74, 6) is -0.236. The Balaban J connectivity index is 1.69. The highest BCUT2D eigenvalue weighted by Gasteiger charge is 2.21. The number of sulfone groups is 2. The molecule has 0 saturated carbocycles. The molecule has 2 aromatic carbocycles. The van der Waals surface area contributed by atoms with Gasteiger partial charge in [-0.3, -0.25) is 4.55 Å². The average molecular weight is 832 g/mol. The number of rotatable bonds is 19. The van der Waals surface area contributed by atoms with E-state index in [2.05, 4.69) is 64.6 Å². The normalized spacial score (nSPS) is 11.8. The number of hydrogen-bond donors (Lipinski definition) is 5. The molecule has 5 N–H and O–H groups in total. The SMILES string of the molecule is C=CS(=O)(=O)CCNc1nc(NCCCOC)c(N=Nc2cc(Nc3nc(Cl)nc(Nc4ccc(S(=O)(=O)C=C)cc4)n3)ccc2S(=O)(=O)O)c(C)c1C#N. The highest BCUT2D eigenvalue weighted by Crippen LogP contribution is 2.37. The molecule has 4 aromatic rings. The molecule has 23 heteroatoms. The Morgan fingerprint density at radius 1 is 0.891 bits per heavy atom. The van der Waals surface area contributed by atoms with Gasteiger partial charge in [0.25, 0.3) is 10.1 Å². The number of benzene rings is 2. The molecule has 2 heterocycles. The summed E-state index contributed by atoms with van der Waals surface area (Å²) >= 11 is 6.14. The van der Waals surface area contributed by atoms with Gasteiger partial charge in [0.1, 0.15) is 28.2 Å². The molecule has 4 rings (SSSR count). The Labute approximate surface area is 322 Å². The molecule has 0 amide bonds. The van der Waals surface area contributed by atoms with E-state index in [1.54, 1.807) is 6.92 Å². The van der Waals surface area contributed by atoms with Gasteiger partial charge >= 0.3 is 0 Å². The van der Waals surface area contributed by atoms with Crippen LogP contribution in [0.5, 0.6) is 0 Å². The van der Waals surface area contributed by atoms with Crippen LogP contribution in [0.25, 0.3) is 0 Å². The van der Waals surface area contributed by atoms with E-state index in [4.69, 9.17) is 16.3 Å². The van der Waals surface area contributed by atoms with Crippen molar-refractivity contribution in [2.24, 2.45) is 10.2 Å². The monoisotopic (exact) mass is 831 g/mol. The number of halogens is 1. The van der Waals surface area contributed by atoms with Crippen LogP contribution < -0.4 is 21.3 Å². The zero-order valence-corrected chi connectivity index (χ0v) is 32.4. The van der Waals surface area contributed by atoms with E-state index in [0.29, 0.717) is 25.3 Å². The van der Waals surface area contributed by atoms with Crippen LogP contribution in [0.2, 0.25) is 5.28 Å². The third-order valence-corrected chi connectivity index (χ3v) is 11.0. The van der Waals surface area contributed by atoms with E-state index in [1.807, 2.05) is 6.07 Å². The quantitative estimate of drug-likeness (QED) is 0.0437. The zero-order chi connectivity index (χ0) is 40.4. The number of anilines is 6. The van der Waals surface area contributed by atoms with Crippen molar-refractivity contribution >= 4 is 87.7 Å². The maximum absolute atomic E-state index is 12.4. The standard InChI is InChI=1S/C32H34ClN11O8S3/c1-5-53(45,46)17-15-36-28-24(19-34)20(3)27(29(39-28)35-14-7-16-52-4)44-43-25-18-22(10-13-26(25)55(49,50)51)38-32-41-30(33)40-31(42-32)37-21-8-11-23(12-9-21)54(47,48)6-2/h5-6,8-13,18H,1-2,7,14-17H2,3-4H3,(H2,35,36,39)(H,49,50,51)(H2,37,38,40,41,42). The van der Waals surface area contributed by atoms with Crippen molar-refractivity contribution in [2.45, 2.75) is 23.1 Å². The number of pyridine rings is 1. The predicted molar refractivity (Wildman–Crippen MR) is 207 cm³/mol. The van der Waals surface area contributed by atoms with Gasteiger partial charge in [0.15, 0.2) is 25.5 Å². The Morgan fingerprint density at radius 2 is 1.53 bits per heavy atom. The van der Waals surface area contributed by atoms with Gasteiger partial charge < -0.3 is 26.0 Å². The van der Waals surface area contributed by atoms with Crippen LogP contribution in [-0.4, -0.2) is 82.3 Å². The molecule has 0 atom stereocenters. The van der Waals surface area contributed by atoms with Crippen molar-refractivity contribution in [1.29, 1.82) is 5.26 Å². The summed E-state index contributed by atoms with van der Waals surface area (Å²) in [5.41, 5.74) is 0.593. The van der Waals surface area contributed by atoms with Crippen LogP contribution in [0.4, 0.5) is 46.3 Å². The number of nitriles is 1. The topological polar surface area (TPSA) is 280 Å². The van der Waals surface area contributed by atoms with Gasteiger partial charge in [0.05, 0.1) is 16.2 Å². The molecular weight excluding hydrogens is 798 g/mol. The summed E-state index contributed by atoms with van der Waals surface area (Å²) < 4.78 is 87.8. The number of hydrogen-bond acceptors (Lipinski definition) is 18. The van der Waals surface area contributed by atoms with Crippen LogP contribution >= 0.6 is 11.6 Å². The average Bonchev–Trinajstić information content (AvgIpc) is 3.12. The molecule has 0 aliphatic rings. The Morgan fingerprint density at radius 3 is 2.13 bits per heavy atom. The minimum Gasteiger partial charge on any atom is -0.385 e. The smallest absolute Gasteiger partial charge is 0.296 e. The van der Waals surface area contributed by atoms with Gasteiger partial charge in [-0.15, -0.1) is 10.2 Å². The number of nitrogens with one attached hydrogen (secondary N) is 4. The third kappa shape index (κ3) is 11.5. The second-order valence-electron chi connectivity index (χ2n) is 11.1. The van der Waals surface area contributed by atoms with Gasteiger partial charge in [-0.2, -0.15) is 28.6 Å². The molecule has 2 aromatic heterocycles. The molecule has 0 bridgehead atoms. The first-order chi connectivity index (χ1) is 26.0. The fraction of sp³-hybridized carbons (Fsp3) is 0.219. The highest BCUT2D eigenvalue weighted by molar-refractivity contribution is 7.94. The summed E-state index contributed by atoms with van der Waals surface area (Å²) in [4.78, 5) is 16.2. The summed E-state index contributed by atoms with van der Waals surface area (Å²) in [6.45, 7) is 8.79. The largest absolute Gasteiger partial charge is 0.385 e. The van der Waals surface area contributed by atoms with Crippen LogP contribution in [0.1, 0.15) is 17.5 Å². The Hall–Kier alpha value is -5.57. The number of ether oxygens (including phenoxy) is 1. The number of nitrogens with zero attached hydrogens (tertiary/aromatic N) is 7. The van der Waals surface area contributed by atoms with E-state index >= 15 is 0 Å². The summed E-state index contributed by atoms with van der Waals surface area (Å²) in [5, 5.41) is 31.5. The second-order valence-corrected chi connectivity index (χ2v) is 16.8. The Kier molecular flexibility index (Phi) is 13.9. The molecule has 0 fully saturated rings. The molecule has 0 saturated heterocycles. The maximum Gasteiger partial charge on any atom is 0.296 e. The van der Waals surface area contributed by atoms with Crippen molar-refractivity contribution in [3.8, 4) is 6.07 Å². The fourth-order valence-electron chi connectivity index (χ4n) is 4.56. The lowest BCUT2D eigenvalue weighted by atomic mass is 10.1.